The third kappa shape index (κ3) is 3.51. The van der Waals surface area contributed by atoms with E-state index in [2.05, 4.69) is 70.5 Å². The number of hydrogen-bond donors (Lipinski definition) is 1. The van der Waals surface area contributed by atoms with Crippen LogP contribution in [0.1, 0.15) is 26.3 Å². The van der Waals surface area contributed by atoms with E-state index in [0.29, 0.717) is 12.0 Å². The van der Waals surface area contributed by atoms with Gasteiger partial charge in [0.1, 0.15) is 0 Å². The fourth-order valence-corrected chi connectivity index (χ4v) is 3.39. The van der Waals surface area contributed by atoms with Gasteiger partial charge in [0.2, 0.25) is 0 Å². The summed E-state index contributed by atoms with van der Waals surface area (Å²) in [6.07, 6.45) is 1.12. The van der Waals surface area contributed by atoms with Crippen LogP contribution in [-0.2, 0) is 0 Å². The molecule has 0 saturated heterocycles. The van der Waals surface area contributed by atoms with Crippen LogP contribution < -0.4 is 0 Å². The number of nitrogens with one attached hydrogen (secondary N) is 1. The summed E-state index contributed by atoms with van der Waals surface area (Å²) in [5.74, 6) is 0.638. The SMILES string of the molecule is CC(C)CC(CN(C)C)n1c(=S)[nH]c2ccc(Br)cc21. The van der Waals surface area contributed by atoms with Crippen molar-refractivity contribution in [3.05, 3.63) is 27.4 Å². The Bertz CT molecular complexity index is 632. The van der Waals surface area contributed by atoms with Crippen molar-refractivity contribution in [2.75, 3.05) is 20.6 Å². The first-order valence-corrected chi connectivity index (χ1v) is 8.13. The second-order valence-corrected chi connectivity index (χ2v) is 7.31. The maximum Gasteiger partial charge on any atom is 0.178 e. The van der Waals surface area contributed by atoms with Gasteiger partial charge in [-0.15, -0.1) is 0 Å². The van der Waals surface area contributed by atoms with Crippen LogP contribution in [0.25, 0.3) is 11.0 Å². The molecule has 0 spiro atoms. The first kappa shape index (κ1) is 15.7. The summed E-state index contributed by atoms with van der Waals surface area (Å²) in [7, 11) is 4.23. The van der Waals surface area contributed by atoms with E-state index in [9.17, 15) is 0 Å². The van der Waals surface area contributed by atoms with Gasteiger partial charge < -0.3 is 14.5 Å². The van der Waals surface area contributed by atoms with Gasteiger partial charge in [-0.3, -0.25) is 0 Å². The summed E-state index contributed by atoms with van der Waals surface area (Å²) in [5, 5.41) is 0. The fourth-order valence-electron chi connectivity index (χ4n) is 2.68. The van der Waals surface area contributed by atoms with Gasteiger partial charge in [0, 0.05) is 17.1 Å². The zero-order valence-electron chi connectivity index (χ0n) is 12.5. The number of halogens is 1. The molecule has 0 bridgehead atoms. The van der Waals surface area contributed by atoms with Gasteiger partial charge in [-0.2, -0.15) is 0 Å². The molecule has 1 N–H and O–H groups in total. The summed E-state index contributed by atoms with van der Waals surface area (Å²) in [5.41, 5.74) is 2.28. The van der Waals surface area contributed by atoms with Crippen molar-refractivity contribution in [3.8, 4) is 0 Å². The minimum Gasteiger partial charge on any atom is -0.331 e. The molecule has 1 aromatic carbocycles. The Morgan fingerprint density at radius 3 is 2.65 bits per heavy atom. The average molecular weight is 356 g/mol. The molecule has 1 unspecified atom stereocenters. The van der Waals surface area contributed by atoms with E-state index < -0.39 is 0 Å². The highest BCUT2D eigenvalue weighted by molar-refractivity contribution is 9.10. The summed E-state index contributed by atoms with van der Waals surface area (Å²) in [6.45, 7) is 5.51. The molecule has 1 aromatic heterocycles. The maximum atomic E-state index is 5.55. The van der Waals surface area contributed by atoms with Crippen molar-refractivity contribution >= 4 is 39.2 Å². The molecule has 1 atom stereocenters. The third-order valence-corrected chi connectivity index (χ3v) is 4.16. The molecular formula is C15H22BrN3S. The predicted molar refractivity (Wildman–Crippen MR) is 91.9 cm³/mol. The number of fused-ring (bicyclic) bond motifs is 1. The lowest BCUT2D eigenvalue weighted by atomic mass is 10.0. The molecule has 0 fully saturated rings. The predicted octanol–water partition coefficient (Wildman–Crippen LogP) is 4.61. The van der Waals surface area contributed by atoms with Gasteiger partial charge >= 0.3 is 0 Å². The largest absolute Gasteiger partial charge is 0.331 e. The van der Waals surface area contributed by atoms with E-state index in [1.54, 1.807) is 0 Å². The van der Waals surface area contributed by atoms with Gasteiger partial charge in [-0.1, -0.05) is 29.8 Å². The Morgan fingerprint density at radius 2 is 2.05 bits per heavy atom. The van der Waals surface area contributed by atoms with Crippen LogP contribution in [0, 0.1) is 10.7 Å². The second kappa shape index (κ2) is 6.41. The molecule has 5 heteroatoms. The quantitative estimate of drug-likeness (QED) is 0.791. The lowest BCUT2D eigenvalue weighted by molar-refractivity contribution is 0.291. The molecule has 0 aliphatic rings. The van der Waals surface area contributed by atoms with E-state index in [0.717, 1.165) is 27.7 Å². The summed E-state index contributed by atoms with van der Waals surface area (Å²) >= 11 is 9.11. The van der Waals surface area contributed by atoms with Gasteiger partial charge in [0.15, 0.2) is 4.77 Å². The number of likely N-dealkylation sites (N-methyl/N-ethyl adjacent to an activating group) is 1. The van der Waals surface area contributed by atoms with E-state index in [1.165, 1.54) is 5.52 Å². The first-order chi connectivity index (χ1) is 9.38. The molecule has 0 aliphatic heterocycles. The third-order valence-electron chi connectivity index (χ3n) is 3.36. The zero-order valence-corrected chi connectivity index (χ0v) is 14.9. The minimum atomic E-state index is 0.389. The highest BCUT2D eigenvalue weighted by atomic mass is 79.9. The minimum absolute atomic E-state index is 0.389. The number of aromatic amines is 1. The lowest BCUT2D eigenvalue weighted by Crippen LogP contribution is -2.25. The summed E-state index contributed by atoms with van der Waals surface area (Å²) in [6, 6.07) is 6.65. The molecule has 0 radical (unpaired) electrons. The number of benzene rings is 1. The Kier molecular flexibility index (Phi) is 5.04. The number of aromatic nitrogens is 2. The highest BCUT2D eigenvalue weighted by Gasteiger charge is 2.18. The second-order valence-electron chi connectivity index (χ2n) is 6.01. The molecule has 0 aliphatic carbocycles. The van der Waals surface area contributed by atoms with Crippen molar-refractivity contribution < 1.29 is 0 Å². The number of hydrogen-bond acceptors (Lipinski definition) is 2. The standard InChI is InChI=1S/C15H22BrN3S/c1-10(2)7-12(9-18(3)4)19-14-8-11(16)5-6-13(14)17-15(19)20/h5-6,8,10,12H,7,9H2,1-4H3,(H,17,20). The van der Waals surface area contributed by atoms with Crippen LogP contribution in [0.2, 0.25) is 0 Å². The van der Waals surface area contributed by atoms with Crippen molar-refractivity contribution in [2.45, 2.75) is 26.3 Å². The normalized spacial score (nSPS) is 13.6. The van der Waals surface area contributed by atoms with Crippen LogP contribution in [0.3, 0.4) is 0 Å². The molecule has 20 heavy (non-hydrogen) atoms. The zero-order chi connectivity index (χ0) is 14.9. The summed E-state index contributed by atoms with van der Waals surface area (Å²) in [4.78, 5) is 5.55. The number of H-pyrrole nitrogens is 1. The summed E-state index contributed by atoms with van der Waals surface area (Å²) < 4.78 is 4.17. The maximum absolute atomic E-state index is 5.55. The van der Waals surface area contributed by atoms with Crippen LogP contribution in [-0.4, -0.2) is 35.1 Å². The molecule has 2 aromatic rings. The lowest BCUT2D eigenvalue weighted by Gasteiger charge is -2.25. The molecule has 3 nitrogen and oxygen atoms in total. The molecule has 2 rings (SSSR count). The number of imidazole rings is 1. The van der Waals surface area contributed by atoms with Crippen molar-refractivity contribution in [3.63, 3.8) is 0 Å². The molecule has 110 valence electrons. The van der Waals surface area contributed by atoms with Crippen LogP contribution in [0.15, 0.2) is 22.7 Å². The van der Waals surface area contributed by atoms with Crippen LogP contribution in [0.5, 0.6) is 0 Å². The first-order valence-electron chi connectivity index (χ1n) is 6.93. The monoisotopic (exact) mass is 355 g/mol. The molecule has 0 amide bonds. The van der Waals surface area contributed by atoms with Gasteiger partial charge in [0.25, 0.3) is 0 Å². The number of rotatable bonds is 5. The Hall–Kier alpha value is -0.650. The average Bonchev–Trinajstić information content (AvgIpc) is 2.62. The van der Waals surface area contributed by atoms with E-state index >= 15 is 0 Å². The van der Waals surface area contributed by atoms with E-state index in [1.807, 2.05) is 6.07 Å². The van der Waals surface area contributed by atoms with Crippen LogP contribution in [0.4, 0.5) is 0 Å². The Balaban J connectivity index is 2.53. The van der Waals surface area contributed by atoms with Crippen molar-refractivity contribution in [2.24, 2.45) is 5.92 Å². The van der Waals surface area contributed by atoms with E-state index in [4.69, 9.17) is 12.2 Å². The Morgan fingerprint density at radius 1 is 1.35 bits per heavy atom. The van der Waals surface area contributed by atoms with Gasteiger partial charge in [0.05, 0.1) is 11.0 Å². The van der Waals surface area contributed by atoms with E-state index in [-0.39, 0.29) is 0 Å². The Labute approximate surface area is 134 Å². The fraction of sp³-hybridized carbons (Fsp3) is 0.533. The van der Waals surface area contributed by atoms with Gasteiger partial charge in [-0.25, -0.2) is 0 Å². The molecule has 0 saturated carbocycles. The smallest absolute Gasteiger partial charge is 0.178 e. The molecular weight excluding hydrogens is 334 g/mol. The topological polar surface area (TPSA) is 24.0 Å². The molecule has 1 heterocycles. The highest BCUT2D eigenvalue weighted by Crippen LogP contribution is 2.26. The van der Waals surface area contributed by atoms with Crippen molar-refractivity contribution in [1.82, 2.24) is 14.5 Å². The van der Waals surface area contributed by atoms with Crippen molar-refractivity contribution in [1.29, 1.82) is 0 Å². The van der Waals surface area contributed by atoms with Crippen LogP contribution >= 0.6 is 28.1 Å². The number of nitrogens with zero attached hydrogens (tertiary/aromatic N) is 2. The van der Waals surface area contributed by atoms with Gasteiger partial charge in [-0.05, 0) is 56.9 Å².